The number of nitriles is 1. The lowest BCUT2D eigenvalue weighted by Crippen LogP contribution is -2.43. The second-order valence-electron chi connectivity index (χ2n) is 4.61. The van der Waals surface area contributed by atoms with Gasteiger partial charge in [-0.1, -0.05) is 31.8 Å². The van der Waals surface area contributed by atoms with Crippen molar-refractivity contribution in [2.45, 2.75) is 51.5 Å². The molecule has 88 valence electrons. The van der Waals surface area contributed by atoms with E-state index in [9.17, 15) is 10.1 Å². The van der Waals surface area contributed by atoms with Crippen molar-refractivity contribution in [1.29, 1.82) is 5.26 Å². The first-order valence-electron chi connectivity index (χ1n) is 5.99. The molecule has 1 aliphatic carbocycles. The predicted molar refractivity (Wildman–Crippen MR) is 63.5 cm³/mol. The number of carbonyl (C=O) groups excluding carboxylic acids is 1. The fourth-order valence-electron chi connectivity index (χ4n) is 2.13. The second kappa shape index (κ2) is 5.69. The average molecular weight is 220 g/mol. The lowest BCUT2D eigenvalue weighted by Gasteiger charge is -2.25. The van der Waals surface area contributed by atoms with Crippen LogP contribution in [0.5, 0.6) is 0 Å². The highest BCUT2D eigenvalue weighted by molar-refractivity contribution is 5.85. The van der Waals surface area contributed by atoms with Crippen LogP contribution in [-0.2, 0) is 4.79 Å². The molecule has 3 heteroatoms. The van der Waals surface area contributed by atoms with Crippen molar-refractivity contribution in [2.24, 2.45) is 5.41 Å². The minimum absolute atomic E-state index is 0.0685. The Kier molecular flexibility index (Phi) is 4.54. The number of nitrogens with one attached hydrogen (secondary N) is 1. The van der Waals surface area contributed by atoms with Gasteiger partial charge in [0, 0.05) is 6.04 Å². The molecule has 0 heterocycles. The van der Waals surface area contributed by atoms with Crippen molar-refractivity contribution in [3.8, 4) is 6.07 Å². The molecule has 1 atom stereocenters. The van der Waals surface area contributed by atoms with Crippen molar-refractivity contribution in [3.63, 3.8) is 0 Å². The van der Waals surface area contributed by atoms with Gasteiger partial charge in [0.2, 0.25) is 5.91 Å². The molecule has 0 aromatic carbocycles. The summed E-state index contributed by atoms with van der Waals surface area (Å²) in [5, 5.41) is 12.1. The maximum absolute atomic E-state index is 12.1. The highest BCUT2D eigenvalue weighted by Crippen LogP contribution is 2.34. The number of amides is 1. The van der Waals surface area contributed by atoms with Crippen LogP contribution in [0.1, 0.15) is 45.4 Å². The van der Waals surface area contributed by atoms with Crippen LogP contribution in [0.3, 0.4) is 0 Å². The van der Waals surface area contributed by atoms with E-state index in [0.29, 0.717) is 12.8 Å². The molecule has 1 aliphatic rings. The molecule has 0 spiro atoms. The lowest BCUT2D eigenvalue weighted by molar-refractivity contribution is -0.129. The molecule has 0 radical (unpaired) electrons. The van der Waals surface area contributed by atoms with Gasteiger partial charge in [-0.15, -0.1) is 6.58 Å². The monoisotopic (exact) mass is 220 g/mol. The molecule has 1 N–H and O–H groups in total. The van der Waals surface area contributed by atoms with Gasteiger partial charge in [0.25, 0.3) is 0 Å². The van der Waals surface area contributed by atoms with Crippen LogP contribution in [0.25, 0.3) is 0 Å². The molecule has 1 fully saturated rings. The quantitative estimate of drug-likeness (QED) is 0.587. The van der Waals surface area contributed by atoms with E-state index in [1.807, 2.05) is 6.92 Å². The van der Waals surface area contributed by atoms with Gasteiger partial charge in [-0.3, -0.25) is 4.79 Å². The Balaban J connectivity index is 2.74. The van der Waals surface area contributed by atoms with Gasteiger partial charge >= 0.3 is 0 Å². The summed E-state index contributed by atoms with van der Waals surface area (Å²) in [7, 11) is 0. The van der Waals surface area contributed by atoms with Crippen LogP contribution in [-0.4, -0.2) is 11.9 Å². The number of nitrogens with zero attached hydrogens (tertiary/aromatic N) is 1. The normalized spacial score (nSPS) is 21.2. The highest BCUT2D eigenvalue weighted by Gasteiger charge is 2.38. The summed E-state index contributed by atoms with van der Waals surface area (Å²) in [6.07, 6.45) is 7.28. The summed E-state index contributed by atoms with van der Waals surface area (Å²) in [6.45, 7) is 5.50. The number of hydrogen-bond acceptors (Lipinski definition) is 2. The molecule has 16 heavy (non-hydrogen) atoms. The van der Waals surface area contributed by atoms with Crippen molar-refractivity contribution in [3.05, 3.63) is 12.7 Å². The van der Waals surface area contributed by atoms with Gasteiger partial charge in [0.15, 0.2) is 0 Å². The van der Waals surface area contributed by atoms with E-state index >= 15 is 0 Å². The molecule has 1 unspecified atom stereocenters. The molecular weight excluding hydrogens is 200 g/mol. The van der Waals surface area contributed by atoms with Crippen molar-refractivity contribution in [1.82, 2.24) is 5.32 Å². The first kappa shape index (κ1) is 12.8. The molecule has 1 rings (SSSR count). The summed E-state index contributed by atoms with van der Waals surface area (Å²) >= 11 is 0. The van der Waals surface area contributed by atoms with E-state index in [-0.39, 0.29) is 11.9 Å². The number of hydrogen-bond donors (Lipinski definition) is 1. The third-order valence-electron chi connectivity index (χ3n) is 3.32. The van der Waals surface area contributed by atoms with Gasteiger partial charge in [0.1, 0.15) is 5.41 Å². The molecule has 0 aliphatic heterocycles. The summed E-state index contributed by atoms with van der Waals surface area (Å²) in [5.41, 5.74) is -0.798. The smallest absolute Gasteiger partial charge is 0.240 e. The van der Waals surface area contributed by atoms with Gasteiger partial charge in [-0.05, 0) is 19.8 Å². The van der Waals surface area contributed by atoms with Crippen LogP contribution < -0.4 is 5.32 Å². The second-order valence-corrected chi connectivity index (χ2v) is 4.61. The molecular formula is C13H20N2O. The topological polar surface area (TPSA) is 52.9 Å². The van der Waals surface area contributed by atoms with Crippen LogP contribution in [0.4, 0.5) is 0 Å². The van der Waals surface area contributed by atoms with Crippen LogP contribution in [0.2, 0.25) is 0 Å². The Morgan fingerprint density at radius 1 is 1.44 bits per heavy atom. The number of carbonyl (C=O) groups is 1. The third-order valence-corrected chi connectivity index (χ3v) is 3.32. The van der Waals surface area contributed by atoms with Crippen molar-refractivity contribution in [2.75, 3.05) is 0 Å². The lowest BCUT2D eigenvalue weighted by atomic mass is 9.81. The Morgan fingerprint density at radius 2 is 2.00 bits per heavy atom. The van der Waals surface area contributed by atoms with E-state index in [4.69, 9.17) is 0 Å². The van der Waals surface area contributed by atoms with Gasteiger partial charge < -0.3 is 5.32 Å². The molecule has 0 saturated heterocycles. The minimum atomic E-state index is -0.798. The summed E-state index contributed by atoms with van der Waals surface area (Å²) in [6, 6.07) is 2.17. The first-order chi connectivity index (χ1) is 7.64. The van der Waals surface area contributed by atoms with Gasteiger partial charge in [-0.25, -0.2) is 0 Å². The number of rotatable bonds is 3. The predicted octanol–water partition coefficient (Wildman–Crippen LogP) is 2.54. The van der Waals surface area contributed by atoms with E-state index in [1.165, 1.54) is 0 Å². The maximum Gasteiger partial charge on any atom is 0.240 e. The van der Waals surface area contributed by atoms with Crippen LogP contribution in [0, 0.1) is 16.7 Å². The molecule has 1 amide bonds. The molecule has 0 aromatic rings. The van der Waals surface area contributed by atoms with E-state index in [1.54, 1.807) is 6.08 Å². The molecule has 3 nitrogen and oxygen atoms in total. The zero-order valence-corrected chi connectivity index (χ0v) is 9.96. The minimum Gasteiger partial charge on any atom is -0.349 e. The van der Waals surface area contributed by atoms with Gasteiger partial charge in [0.05, 0.1) is 6.07 Å². The Bertz CT molecular complexity index is 296. The first-order valence-corrected chi connectivity index (χ1v) is 5.99. The Morgan fingerprint density at radius 3 is 2.44 bits per heavy atom. The van der Waals surface area contributed by atoms with E-state index < -0.39 is 5.41 Å². The summed E-state index contributed by atoms with van der Waals surface area (Å²) in [5.74, 6) is -0.121. The van der Waals surface area contributed by atoms with Crippen molar-refractivity contribution >= 4 is 5.91 Å². The summed E-state index contributed by atoms with van der Waals surface area (Å²) < 4.78 is 0. The van der Waals surface area contributed by atoms with Crippen LogP contribution in [0.15, 0.2) is 12.7 Å². The van der Waals surface area contributed by atoms with Crippen LogP contribution >= 0.6 is 0 Å². The SMILES string of the molecule is C=CC(C)NC(=O)C1(C#N)CCCCCC1. The zero-order valence-electron chi connectivity index (χ0n) is 9.96. The fraction of sp³-hybridized carbons (Fsp3) is 0.692. The highest BCUT2D eigenvalue weighted by atomic mass is 16.2. The van der Waals surface area contributed by atoms with E-state index in [2.05, 4.69) is 18.0 Å². The van der Waals surface area contributed by atoms with Gasteiger partial charge in [-0.2, -0.15) is 5.26 Å². The summed E-state index contributed by atoms with van der Waals surface area (Å²) in [4.78, 5) is 12.1. The maximum atomic E-state index is 12.1. The standard InChI is InChI=1S/C13H20N2O/c1-3-11(2)15-12(16)13(10-14)8-6-4-5-7-9-13/h3,11H,1,4-9H2,2H3,(H,15,16). The zero-order chi connectivity index (χ0) is 12.0. The fourth-order valence-corrected chi connectivity index (χ4v) is 2.13. The average Bonchev–Trinajstić information content (AvgIpc) is 2.54. The largest absolute Gasteiger partial charge is 0.349 e. The molecule has 0 aromatic heterocycles. The Labute approximate surface area is 97.5 Å². The van der Waals surface area contributed by atoms with E-state index in [0.717, 1.165) is 25.7 Å². The van der Waals surface area contributed by atoms with Crippen molar-refractivity contribution < 1.29 is 4.79 Å². The third kappa shape index (κ3) is 2.85. The molecule has 0 bridgehead atoms. The Hall–Kier alpha value is -1.30. The molecule has 1 saturated carbocycles.